The van der Waals surface area contributed by atoms with E-state index in [1.807, 2.05) is 26.0 Å². The van der Waals surface area contributed by atoms with E-state index in [-0.39, 0.29) is 18.6 Å². The maximum absolute atomic E-state index is 11.9. The van der Waals surface area contributed by atoms with Gasteiger partial charge in [-0.1, -0.05) is 0 Å². The third-order valence-electron chi connectivity index (χ3n) is 3.85. The van der Waals surface area contributed by atoms with Crippen LogP contribution in [0.1, 0.15) is 13.8 Å². The Morgan fingerprint density at radius 1 is 1.29 bits per heavy atom. The number of likely N-dealkylation sites (N-methyl/N-ethyl adjacent to an activating group) is 1. The van der Waals surface area contributed by atoms with Crippen molar-refractivity contribution in [2.24, 2.45) is 0 Å². The first-order valence-electron chi connectivity index (χ1n) is 7.52. The molecule has 1 heterocycles. The van der Waals surface area contributed by atoms with Crippen molar-refractivity contribution in [2.45, 2.75) is 19.9 Å². The summed E-state index contributed by atoms with van der Waals surface area (Å²) >= 11 is 0. The summed E-state index contributed by atoms with van der Waals surface area (Å²) in [7, 11) is 1.80. The summed E-state index contributed by atoms with van der Waals surface area (Å²) in [4.78, 5) is 15.9. The van der Waals surface area contributed by atoms with Gasteiger partial charge in [0.1, 0.15) is 5.75 Å². The van der Waals surface area contributed by atoms with E-state index >= 15 is 0 Å². The summed E-state index contributed by atoms with van der Waals surface area (Å²) in [5.74, 6) is 0.732. The summed E-state index contributed by atoms with van der Waals surface area (Å²) in [6.45, 7) is 8.15. The normalized spacial score (nSPS) is 15.1. The number of amides is 1. The number of carbonyl (C=O) groups excluding carboxylic acids is 1. The lowest BCUT2D eigenvalue weighted by molar-refractivity contribution is -0.133. The Labute approximate surface area is 126 Å². The van der Waals surface area contributed by atoms with E-state index in [0.29, 0.717) is 0 Å². The first-order valence-corrected chi connectivity index (χ1v) is 7.52. The van der Waals surface area contributed by atoms with Crippen molar-refractivity contribution in [2.75, 3.05) is 44.7 Å². The van der Waals surface area contributed by atoms with Crippen LogP contribution >= 0.6 is 0 Å². The highest BCUT2D eigenvalue weighted by Crippen LogP contribution is 2.19. The summed E-state index contributed by atoms with van der Waals surface area (Å²) in [6, 6.07) is 8.16. The minimum absolute atomic E-state index is 0.00354. The Morgan fingerprint density at radius 3 is 2.48 bits per heavy atom. The number of benzene rings is 1. The number of hydrogen-bond donors (Lipinski definition) is 1. The quantitative estimate of drug-likeness (QED) is 0.889. The van der Waals surface area contributed by atoms with Gasteiger partial charge in [-0.3, -0.25) is 4.79 Å². The van der Waals surface area contributed by atoms with E-state index in [9.17, 15) is 4.79 Å². The SMILES string of the molecule is CC(C)N(C)C(=O)COc1ccc(N2CCNCC2)cc1. The average Bonchev–Trinajstić information content (AvgIpc) is 2.53. The van der Waals surface area contributed by atoms with Crippen molar-refractivity contribution < 1.29 is 9.53 Å². The molecule has 0 atom stereocenters. The van der Waals surface area contributed by atoms with E-state index in [4.69, 9.17) is 4.74 Å². The first-order chi connectivity index (χ1) is 10.1. The summed E-state index contributed by atoms with van der Waals surface area (Å²) in [5, 5.41) is 3.34. The predicted octanol–water partition coefficient (Wildman–Crippen LogP) is 1.34. The molecule has 1 fully saturated rings. The molecule has 0 bridgehead atoms. The zero-order valence-electron chi connectivity index (χ0n) is 13.1. The van der Waals surface area contributed by atoms with Crippen LogP contribution in [0.25, 0.3) is 0 Å². The smallest absolute Gasteiger partial charge is 0.260 e. The molecule has 0 spiro atoms. The van der Waals surface area contributed by atoms with Crippen LogP contribution in [0, 0.1) is 0 Å². The van der Waals surface area contributed by atoms with Gasteiger partial charge >= 0.3 is 0 Å². The van der Waals surface area contributed by atoms with Crippen molar-refractivity contribution in [1.29, 1.82) is 0 Å². The van der Waals surface area contributed by atoms with Crippen LogP contribution in [0.4, 0.5) is 5.69 Å². The van der Waals surface area contributed by atoms with Crippen molar-refractivity contribution in [3.8, 4) is 5.75 Å². The summed E-state index contributed by atoms with van der Waals surface area (Å²) in [6.07, 6.45) is 0. The molecule has 1 amide bonds. The molecule has 1 aromatic carbocycles. The molecular weight excluding hydrogens is 266 g/mol. The molecule has 0 unspecified atom stereocenters. The highest BCUT2D eigenvalue weighted by atomic mass is 16.5. The molecule has 5 heteroatoms. The van der Waals surface area contributed by atoms with Crippen molar-refractivity contribution >= 4 is 11.6 Å². The number of piperazine rings is 1. The zero-order valence-corrected chi connectivity index (χ0v) is 13.1. The Hall–Kier alpha value is -1.75. The summed E-state index contributed by atoms with van der Waals surface area (Å²) < 4.78 is 5.56. The Morgan fingerprint density at radius 2 is 1.90 bits per heavy atom. The molecule has 1 saturated heterocycles. The van der Waals surface area contributed by atoms with Crippen molar-refractivity contribution in [1.82, 2.24) is 10.2 Å². The number of nitrogens with one attached hydrogen (secondary N) is 1. The van der Waals surface area contributed by atoms with Gasteiger partial charge in [-0.25, -0.2) is 0 Å². The predicted molar refractivity (Wildman–Crippen MR) is 84.9 cm³/mol. The lowest BCUT2D eigenvalue weighted by Crippen LogP contribution is -2.43. The van der Waals surface area contributed by atoms with E-state index in [2.05, 4.69) is 22.3 Å². The lowest BCUT2D eigenvalue weighted by Gasteiger charge is -2.29. The van der Waals surface area contributed by atoms with Crippen LogP contribution in [0.2, 0.25) is 0 Å². The Bertz CT molecular complexity index is 453. The maximum Gasteiger partial charge on any atom is 0.260 e. The zero-order chi connectivity index (χ0) is 15.2. The molecule has 0 saturated carbocycles. The maximum atomic E-state index is 11.9. The largest absolute Gasteiger partial charge is 0.484 e. The van der Waals surface area contributed by atoms with Gasteiger partial charge in [-0.15, -0.1) is 0 Å². The first kappa shape index (κ1) is 15.6. The molecule has 0 aliphatic carbocycles. The highest BCUT2D eigenvalue weighted by molar-refractivity contribution is 5.77. The van der Waals surface area contributed by atoms with Crippen LogP contribution in [0.3, 0.4) is 0 Å². The van der Waals surface area contributed by atoms with Crippen LogP contribution in [-0.4, -0.2) is 56.7 Å². The van der Waals surface area contributed by atoms with Gasteiger partial charge in [0, 0.05) is 45.0 Å². The Kier molecular flexibility index (Phi) is 5.44. The van der Waals surface area contributed by atoms with Gasteiger partial charge in [0.15, 0.2) is 6.61 Å². The minimum Gasteiger partial charge on any atom is -0.484 e. The monoisotopic (exact) mass is 291 g/mol. The molecule has 1 aliphatic heterocycles. The van der Waals surface area contributed by atoms with Gasteiger partial charge in [0.05, 0.1) is 0 Å². The van der Waals surface area contributed by atoms with Gasteiger partial charge in [-0.05, 0) is 38.1 Å². The molecule has 116 valence electrons. The van der Waals surface area contributed by atoms with Crippen LogP contribution < -0.4 is 15.0 Å². The molecule has 0 radical (unpaired) electrons. The van der Waals surface area contributed by atoms with Crippen molar-refractivity contribution in [3.05, 3.63) is 24.3 Å². The van der Waals surface area contributed by atoms with Crippen molar-refractivity contribution in [3.63, 3.8) is 0 Å². The molecule has 5 nitrogen and oxygen atoms in total. The third-order valence-corrected chi connectivity index (χ3v) is 3.85. The number of rotatable bonds is 5. The molecule has 1 aromatic rings. The van der Waals surface area contributed by atoms with Crippen LogP contribution in [0.15, 0.2) is 24.3 Å². The fourth-order valence-electron chi connectivity index (χ4n) is 2.21. The van der Waals surface area contributed by atoms with E-state index in [1.165, 1.54) is 5.69 Å². The van der Waals surface area contributed by atoms with Crippen LogP contribution in [-0.2, 0) is 4.79 Å². The van der Waals surface area contributed by atoms with E-state index in [0.717, 1.165) is 31.9 Å². The number of nitrogens with zero attached hydrogens (tertiary/aromatic N) is 2. The second-order valence-electron chi connectivity index (χ2n) is 5.62. The molecule has 0 aromatic heterocycles. The van der Waals surface area contributed by atoms with Gasteiger partial charge in [0.2, 0.25) is 0 Å². The number of hydrogen-bond acceptors (Lipinski definition) is 4. The highest BCUT2D eigenvalue weighted by Gasteiger charge is 2.13. The number of anilines is 1. The molecule has 2 rings (SSSR count). The third kappa shape index (κ3) is 4.36. The van der Waals surface area contributed by atoms with Gasteiger partial charge < -0.3 is 19.9 Å². The fraction of sp³-hybridized carbons (Fsp3) is 0.562. The van der Waals surface area contributed by atoms with Crippen LogP contribution in [0.5, 0.6) is 5.75 Å². The fourth-order valence-corrected chi connectivity index (χ4v) is 2.21. The molecule has 21 heavy (non-hydrogen) atoms. The average molecular weight is 291 g/mol. The molecule has 1 N–H and O–H groups in total. The Balaban J connectivity index is 1.86. The second-order valence-corrected chi connectivity index (χ2v) is 5.62. The second kappa shape index (κ2) is 7.31. The van der Waals surface area contributed by atoms with E-state index in [1.54, 1.807) is 11.9 Å². The lowest BCUT2D eigenvalue weighted by atomic mass is 10.2. The number of ether oxygens (including phenoxy) is 1. The molecule has 1 aliphatic rings. The minimum atomic E-state index is -0.00354. The van der Waals surface area contributed by atoms with Gasteiger partial charge in [-0.2, -0.15) is 0 Å². The summed E-state index contributed by atoms with van der Waals surface area (Å²) in [5.41, 5.74) is 1.20. The number of carbonyl (C=O) groups is 1. The topological polar surface area (TPSA) is 44.8 Å². The van der Waals surface area contributed by atoms with E-state index < -0.39 is 0 Å². The standard InChI is InChI=1S/C16H25N3O2/c1-13(2)18(3)16(20)12-21-15-6-4-14(5-7-15)19-10-8-17-9-11-19/h4-7,13,17H,8-12H2,1-3H3. The molecular formula is C16H25N3O2. The van der Waals surface area contributed by atoms with Gasteiger partial charge in [0.25, 0.3) is 5.91 Å².